The van der Waals surface area contributed by atoms with E-state index < -0.39 is 7.52 Å². The van der Waals surface area contributed by atoms with E-state index in [9.17, 15) is 4.57 Å². The molecular formula is C17H39N2O2P. The molecular weight excluding hydrogens is 295 g/mol. The third-order valence-corrected chi connectivity index (χ3v) is 7.70. The van der Waals surface area contributed by atoms with Crippen molar-refractivity contribution in [3.05, 3.63) is 0 Å². The average molecular weight is 334 g/mol. The molecule has 0 rings (SSSR count). The Labute approximate surface area is 139 Å². The molecule has 0 aliphatic carbocycles. The van der Waals surface area contributed by atoms with Crippen molar-refractivity contribution in [3.63, 3.8) is 0 Å². The SMILES string of the molecule is COP(=O)(N(C)CCCCCCN(C)C(C)(C)C)C(C)(C)C. The van der Waals surface area contributed by atoms with Gasteiger partial charge in [0, 0.05) is 19.2 Å². The molecule has 22 heavy (non-hydrogen) atoms. The Morgan fingerprint density at radius 3 is 1.68 bits per heavy atom. The summed E-state index contributed by atoms with van der Waals surface area (Å²) in [5, 5.41) is -0.341. The van der Waals surface area contributed by atoms with Gasteiger partial charge in [0.25, 0.3) is 7.52 Å². The van der Waals surface area contributed by atoms with Gasteiger partial charge in [-0.15, -0.1) is 0 Å². The van der Waals surface area contributed by atoms with Gasteiger partial charge in [-0.05, 0) is 75.0 Å². The van der Waals surface area contributed by atoms with Crippen molar-refractivity contribution < 1.29 is 9.09 Å². The highest BCUT2D eigenvalue weighted by atomic mass is 31.2. The fourth-order valence-corrected chi connectivity index (χ4v) is 4.69. The summed E-state index contributed by atoms with van der Waals surface area (Å²) < 4.78 is 20.2. The second-order valence-electron chi connectivity index (χ2n) is 8.26. The van der Waals surface area contributed by atoms with Gasteiger partial charge in [0.05, 0.1) is 5.16 Å². The van der Waals surface area contributed by atoms with Crippen molar-refractivity contribution in [2.75, 3.05) is 34.3 Å². The summed E-state index contributed by atoms with van der Waals surface area (Å²) in [7, 11) is 2.92. The van der Waals surface area contributed by atoms with Crippen LogP contribution in [-0.4, -0.2) is 54.6 Å². The van der Waals surface area contributed by atoms with Gasteiger partial charge in [-0.1, -0.05) is 12.8 Å². The van der Waals surface area contributed by atoms with Crippen LogP contribution in [0, 0.1) is 0 Å². The highest BCUT2D eigenvalue weighted by Gasteiger charge is 2.40. The molecule has 1 atom stereocenters. The van der Waals surface area contributed by atoms with E-state index in [-0.39, 0.29) is 10.7 Å². The Kier molecular flexibility index (Phi) is 8.86. The van der Waals surface area contributed by atoms with Crippen LogP contribution in [0.3, 0.4) is 0 Å². The van der Waals surface area contributed by atoms with Gasteiger partial charge in [0.1, 0.15) is 0 Å². The molecule has 0 bridgehead atoms. The summed E-state index contributed by atoms with van der Waals surface area (Å²) in [6, 6.07) is 0. The minimum Gasteiger partial charge on any atom is -0.320 e. The van der Waals surface area contributed by atoms with E-state index in [4.69, 9.17) is 4.52 Å². The topological polar surface area (TPSA) is 32.8 Å². The Balaban J connectivity index is 4.05. The molecule has 4 nitrogen and oxygen atoms in total. The van der Waals surface area contributed by atoms with E-state index in [1.807, 2.05) is 32.5 Å². The maximum Gasteiger partial charge on any atom is 0.277 e. The highest BCUT2D eigenvalue weighted by Crippen LogP contribution is 2.60. The lowest BCUT2D eigenvalue weighted by atomic mass is 10.1. The molecule has 0 saturated carbocycles. The van der Waals surface area contributed by atoms with Gasteiger partial charge in [0.15, 0.2) is 0 Å². The van der Waals surface area contributed by atoms with Crippen molar-refractivity contribution in [1.82, 2.24) is 9.57 Å². The predicted molar refractivity (Wildman–Crippen MR) is 97.8 cm³/mol. The van der Waals surface area contributed by atoms with E-state index >= 15 is 0 Å². The standard InChI is InChI=1S/C17H39N2O2P/c1-16(2,3)18(7)14-12-10-11-13-15-19(8)22(20,21-9)17(4,5)6/h10-15H2,1-9H3. The lowest BCUT2D eigenvalue weighted by Crippen LogP contribution is -2.38. The summed E-state index contributed by atoms with van der Waals surface area (Å²) >= 11 is 0. The minimum atomic E-state index is -2.74. The first kappa shape index (κ1) is 22.1. The van der Waals surface area contributed by atoms with Crippen LogP contribution in [0.25, 0.3) is 0 Å². The smallest absolute Gasteiger partial charge is 0.277 e. The number of rotatable bonds is 9. The molecule has 0 aliphatic rings. The van der Waals surface area contributed by atoms with E-state index in [1.165, 1.54) is 19.3 Å². The molecule has 0 spiro atoms. The Bertz CT molecular complexity index is 359. The van der Waals surface area contributed by atoms with Crippen LogP contribution in [-0.2, 0) is 9.09 Å². The van der Waals surface area contributed by atoms with Gasteiger partial charge < -0.3 is 9.42 Å². The lowest BCUT2D eigenvalue weighted by Gasteiger charge is -2.36. The number of hydrogen-bond acceptors (Lipinski definition) is 3. The zero-order chi connectivity index (χ0) is 17.6. The first-order valence-corrected chi connectivity index (χ1v) is 10.0. The molecule has 0 saturated heterocycles. The molecule has 0 aromatic rings. The van der Waals surface area contributed by atoms with E-state index in [0.717, 1.165) is 19.5 Å². The maximum absolute atomic E-state index is 12.9. The molecule has 0 aromatic heterocycles. The van der Waals surface area contributed by atoms with Gasteiger partial charge in [-0.25, -0.2) is 4.67 Å². The summed E-state index contributed by atoms with van der Waals surface area (Å²) in [5.41, 5.74) is 0.248. The van der Waals surface area contributed by atoms with Crippen LogP contribution >= 0.6 is 7.52 Å². The fraction of sp³-hybridized carbons (Fsp3) is 1.00. The average Bonchev–Trinajstić information content (AvgIpc) is 2.38. The molecule has 0 fully saturated rings. The quantitative estimate of drug-likeness (QED) is 0.446. The summed E-state index contributed by atoms with van der Waals surface area (Å²) in [6.07, 6.45) is 4.69. The summed E-state index contributed by atoms with van der Waals surface area (Å²) in [6.45, 7) is 14.7. The van der Waals surface area contributed by atoms with Gasteiger partial charge >= 0.3 is 0 Å². The summed E-state index contributed by atoms with van der Waals surface area (Å²) in [4.78, 5) is 2.40. The van der Waals surface area contributed by atoms with Crippen LogP contribution in [0.1, 0.15) is 67.2 Å². The van der Waals surface area contributed by atoms with E-state index in [2.05, 4.69) is 32.7 Å². The van der Waals surface area contributed by atoms with Crippen LogP contribution in [0.4, 0.5) is 0 Å². The van der Waals surface area contributed by atoms with Crippen LogP contribution in [0.15, 0.2) is 0 Å². The second kappa shape index (κ2) is 8.82. The van der Waals surface area contributed by atoms with Crippen LogP contribution < -0.4 is 0 Å². The summed E-state index contributed by atoms with van der Waals surface area (Å²) in [5.74, 6) is 0. The second-order valence-corrected chi connectivity index (χ2v) is 11.7. The molecule has 0 aliphatic heterocycles. The van der Waals surface area contributed by atoms with Gasteiger partial charge in [-0.3, -0.25) is 4.57 Å². The predicted octanol–water partition coefficient (Wildman–Crippen LogP) is 4.85. The number of unbranched alkanes of at least 4 members (excludes halogenated alkanes) is 3. The van der Waals surface area contributed by atoms with Crippen molar-refractivity contribution in [1.29, 1.82) is 0 Å². The molecule has 0 heterocycles. The van der Waals surface area contributed by atoms with Gasteiger partial charge in [0.2, 0.25) is 0 Å². The number of hydrogen-bond donors (Lipinski definition) is 0. The van der Waals surface area contributed by atoms with Crippen molar-refractivity contribution in [2.24, 2.45) is 0 Å². The maximum atomic E-state index is 12.9. The third kappa shape index (κ3) is 6.70. The Morgan fingerprint density at radius 2 is 1.32 bits per heavy atom. The van der Waals surface area contributed by atoms with E-state index in [0.29, 0.717) is 0 Å². The van der Waals surface area contributed by atoms with Gasteiger partial charge in [-0.2, -0.15) is 0 Å². The van der Waals surface area contributed by atoms with Crippen molar-refractivity contribution in [3.8, 4) is 0 Å². The zero-order valence-electron chi connectivity index (χ0n) is 16.4. The van der Waals surface area contributed by atoms with Crippen molar-refractivity contribution in [2.45, 2.75) is 77.9 Å². The minimum absolute atomic E-state index is 0.248. The Morgan fingerprint density at radius 1 is 0.864 bits per heavy atom. The first-order valence-electron chi connectivity index (χ1n) is 8.45. The molecule has 5 heteroatoms. The molecule has 0 amide bonds. The fourth-order valence-electron chi connectivity index (χ4n) is 2.44. The Hall–Kier alpha value is 0.110. The number of nitrogens with zero attached hydrogens (tertiary/aromatic N) is 2. The molecule has 0 aromatic carbocycles. The molecule has 134 valence electrons. The molecule has 0 radical (unpaired) electrons. The highest BCUT2D eigenvalue weighted by molar-refractivity contribution is 7.58. The lowest BCUT2D eigenvalue weighted by molar-refractivity contribution is 0.172. The van der Waals surface area contributed by atoms with E-state index in [1.54, 1.807) is 7.11 Å². The molecule has 0 N–H and O–H groups in total. The third-order valence-electron chi connectivity index (χ3n) is 4.42. The largest absolute Gasteiger partial charge is 0.320 e. The molecule has 1 unspecified atom stereocenters. The normalized spacial score (nSPS) is 16.3. The van der Waals surface area contributed by atoms with Crippen LogP contribution in [0.5, 0.6) is 0 Å². The van der Waals surface area contributed by atoms with Crippen molar-refractivity contribution >= 4 is 7.52 Å². The monoisotopic (exact) mass is 334 g/mol. The first-order chi connectivity index (χ1) is 9.86. The van der Waals surface area contributed by atoms with Crippen LogP contribution in [0.2, 0.25) is 0 Å². The zero-order valence-corrected chi connectivity index (χ0v) is 17.3.